The Bertz CT molecular complexity index is 1350. The number of carbonyl (C=O) groups is 2. The Labute approximate surface area is 244 Å². The van der Waals surface area contributed by atoms with Crippen LogP contribution in [0.5, 0.6) is 17.2 Å². The molecule has 3 rings (SSSR count). The molecule has 0 aliphatic rings. The first-order valence-corrected chi connectivity index (χ1v) is 13.9. The van der Waals surface area contributed by atoms with E-state index in [4.69, 9.17) is 9.47 Å². The number of amides is 2. The van der Waals surface area contributed by atoms with Crippen molar-refractivity contribution < 1.29 is 32.2 Å². The lowest BCUT2D eigenvalue weighted by Crippen LogP contribution is -2.29. The predicted octanol–water partition coefficient (Wildman–Crippen LogP) is 6.99. The largest absolute Gasteiger partial charge is 0.493 e. The van der Waals surface area contributed by atoms with Crippen molar-refractivity contribution in [3.8, 4) is 17.2 Å². The van der Waals surface area contributed by atoms with Gasteiger partial charge in [0.1, 0.15) is 22.9 Å². The maximum Gasteiger partial charge on any atom is 0.416 e. The number of carbonyl (C=O) groups excluding carboxylic acids is 2. The van der Waals surface area contributed by atoms with E-state index in [1.54, 1.807) is 18.2 Å². The zero-order valence-electron chi connectivity index (χ0n) is 24.1. The first-order valence-electron chi connectivity index (χ1n) is 13.9. The van der Waals surface area contributed by atoms with Crippen molar-refractivity contribution in [2.75, 3.05) is 19.1 Å². The van der Waals surface area contributed by atoms with E-state index in [2.05, 4.69) is 28.1 Å². The minimum atomic E-state index is -4.46. The Hall–Kier alpha value is -4.28. The highest BCUT2D eigenvalue weighted by Crippen LogP contribution is 2.33. The smallest absolute Gasteiger partial charge is 0.416 e. The topological polar surface area (TPSA) is 102 Å². The van der Waals surface area contributed by atoms with Crippen molar-refractivity contribution in [1.82, 2.24) is 15.7 Å². The summed E-state index contributed by atoms with van der Waals surface area (Å²) in [6.07, 6.45) is 1.67. The number of alkyl halides is 3. The minimum Gasteiger partial charge on any atom is -0.493 e. The van der Waals surface area contributed by atoms with Crippen molar-refractivity contribution in [3.05, 3.63) is 77.1 Å². The highest BCUT2D eigenvalue weighted by Gasteiger charge is 2.31. The van der Waals surface area contributed by atoms with Crippen LogP contribution in [0.25, 0.3) is 0 Å². The molecule has 11 heteroatoms. The molecule has 1 aromatic heterocycles. The summed E-state index contributed by atoms with van der Waals surface area (Å²) in [5, 5.41) is 2.51. The van der Waals surface area contributed by atoms with Crippen LogP contribution in [0.3, 0.4) is 0 Å². The molecule has 3 aromatic rings. The number of anilines is 1. The highest BCUT2D eigenvalue weighted by atomic mass is 19.4. The van der Waals surface area contributed by atoms with Gasteiger partial charge in [0.15, 0.2) is 0 Å². The number of ether oxygens (including phenoxy) is 2. The maximum absolute atomic E-state index is 13.3. The van der Waals surface area contributed by atoms with Gasteiger partial charge in [0, 0.05) is 31.8 Å². The average Bonchev–Trinajstić information content (AvgIpc) is 2.97. The summed E-state index contributed by atoms with van der Waals surface area (Å²) >= 11 is 0. The Morgan fingerprint density at radius 2 is 1.76 bits per heavy atom. The maximum atomic E-state index is 13.3. The Morgan fingerprint density at radius 1 is 0.952 bits per heavy atom. The number of hydrogen-bond donors (Lipinski definition) is 3. The molecular formula is C31H37F3N4O4. The normalized spacial score (nSPS) is 11.1. The third kappa shape index (κ3) is 9.97. The van der Waals surface area contributed by atoms with Crippen molar-refractivity contribution in [1.29, 1.82) is 0 Å². The van der Waals surface area contributed by atoms with E-state index >= 15 is 0 Å². The SMILES string of the molecule is CCCCCCOc1ccc(C(F)(F)F)cc1CCCC(=O)NNc1ccc(C)c(Oc2ccnc(C(=O)NC)c2)c1. The first-order chi connectivity index (χ1) is 20.1. The van der Waals surface area contributed by atoms with Gasteiger partial charge in [-0.15, -0.1) is 0 Å². The van der Waals surface area contributed by atoms with Crippen LogP contribution in [-0.2, 0) is 17.4 Å². The van der Waals surface area contributed by atoms with E-state index in [-0.39, 0.29) is 30.3 Å². The lowest BCUT2D eigenvalue weighted by Gasteiger charge is -2.15. The number of unbranched alkanes of at least 4 members (excludes halogenated alkanes) is 3. The van der Waals surface area contributed by atoms with Gasteiger partial charge >= 0.3 is 6.18 Å². The van der Waals surface area contributed by atoms with Crippen LogP contribution in [0.15, 0.2) is 54.7 Å². The number of rotatable bonds is 15. The van der Waals surface area contributed by atoms with E-state index in [1.807, 2.05) is 13.0 Å². The van der Waals surface area contributed by atoms with Crippen molar-refractivity contribution in [2.24, 2.45) is 0 Å². The van der Waals surface area contributed by atoms with Crippen LogP contribution in [0, 0.1) is 6.92 Å². The molecule has 0 atom stereocenters. The van der Waals surface area contributed by atoms with Crippen LogP contribution >= 0.6 is 0 Å². The number of nitrogens with zero attached hydrogens (tertiary/aromatic N) is 1. The Morgan fingerprint density at radius 3 is 2.50 bits per heavy atom. The summed E-state index contributed by atoms with van der Waals surface area (Å²) < 4.78 is 51.6. The molecule has 0 saturated heterocycles. The van der Waals surface area contributed by atoms with Gasteiger partial charge in [0.2, 0.25) is 5.91 Å². The van der Waals surface area contributed by atoms with E-state index < -0.39 is 11.7 Å². The van der Waals surface area contributed by atoms with Crippen LogP contribution in [0.2, 0.25) is 0 Å². The van der Waals surface area contributed by atoms with Gasteiger partial charge in [0.05, 0.1) is 17.9 Å². The molecule has 2 amide bonds. The molecule has 0 aliphatic heterocycles. The third-order valence-electron chi connectivity index (χ3n) is 6.45. The molecule has 42 heavy (non-hydrogen) atoms. The number of aryl methyl sites for hydroxylation is 2. The summed E-state index contributed by atoms with van der Waals surface area (Å²) in [7, 11) is 1.51. The number of aromatic nitrogens is 1. The molecular weight excluding hydrogens is 549 g/mol. The second kappa shape index (κ2) is 15.6. The van der Waals surface area contributed by atoms with Crippen molar-refractivity contribution in [3.63, 3.8) is 0 Å². The number of benzene rings is 2. The fourth-order valence-electron chi connectivity index (χ4n) is 4.09. The molecule has 226 valence electrons. The fraction of sp³-hybridized carbons (Fsp3) is 0.387. The van der Waals surface area contributed by atoms with Gasteiger partial charge < -0.3 is 14.8 Å². The van der Waals surface area contributed by atoms with Crippen molar-refractivity contribution in [2.45, 2.75) is 65.0 Å². The van der Waals surface area contributed by atoms with Gasteiger partial charge in [-0.3, -0.25) is 25.4 Å². The number of hydrazine groups is 1. The number of pyridine rings is 1. The second-order valence-electron chi connectivity index (χ2n) is 9.79. The summed E-state index contributed by atoms with van der Waals surface area (Å²) in [5.41, 5.74) is 6.74. The Kier molecular flexibility index (Phi) is 12.0. The van der Waals surface area contributed by atoms with E-state index in [0.717, 1.165) is 43.4 Å². The summed E-state index contributed by atoms with van der Waals surface area (Å²) in [6.45, 7) is 4.39. The monoisotopic (exact) mass is 586 g/mol. The summed E-state index contributed by atoms with van der Waals surface area (Å²) in [6, 6.07) is 11.9. The molecule has 0 spiro atoms. The molecule has 0 radical (unpaired) electrons. The lowest BCUT2D eigenvalue weighted by atomic mass is 10.0. The average molecular weight is 587 g/mol. The van der Waals surface area contributed by atoms with E-state index in [1.165, 1.54) is 25.4 Å². The molecule has 0 fully saturated rings. The first kappa shape index (κ1) is 32.2. The predicted molar refractivity (Wildman–Crippen MR) is 155 cm³/mol. The molecule has 1 heterocycles. The van der Waals surface area contributed by atoms with Gasteiger partial charge in [-0.05, 0) is 67.6 Å². The van der Waals surface area contributed by atoms with Gasteiger partial charge in [-0.25, -0.2) is 0 Å². The quantitative estimate of drug-likeness (QED) is 0.131. The van der Waals surface area contributed by atoms with E-state index in [0.29, 0.717) is 41.5 Å². The zero-order valence-corrected chi connectivity index (χ0v) is 24.1. The number of nitrogens with one attached hydrogen (secondary N) is 3. The molecule has 0 unspecified atom stereocenters. The molecule has 2 aromatic carbocycles. The van der Waals surface area contributed by atoms with Crippen molar-refractivity contribution >= 4 is 17.5 Å². The Balaban J connectivity index is 1.55. The zero-order chi connectivity index (χ0) is 30.5. The van der Waals surface area contributed by atoms with Gasteiger partial charge in [0.25, 0.3) is 5.91 Å². The van der Waals surface area contributed by atoms with Crippen LogP contribution in [-0.4, -0.2) is 30.5 Å². The highest BCUT2D eigenvalue weighted by molar-refractivity contribution is 5.92. The molecule has 0 aliphatic carbocycles. The molecule has 0 saturated carbocycles. The number of hydrogen-bond acceptors (Lipinski definition) is 6. The summed E-state index contributed by atoms with van der Waals surface area (Å²) in [4.78, 5) is 28.4. The summed E-state index contributed by atoms with van der Waals surface area (Å²) in [5.74, 6) is 0.689. The standard InChI is InChI=1S/C31H37F3N4O4/c1-4-5-6-7-17-41-27-14-12-23(31(32,33)34)18-22(27)9-8-10-29(39)38-37-24-13-11-21(2)28(19-24)42-25-15-16-36-26(20-25)30(40)35-3/h11-16,18-20,37H,4-10,17H2,1-3H3,(H,35,40)(H,38,39). The third-order valence-corrected chi connectivity index (χ3v) is 6.45. The molecule has 0 bridgehead atoms. The van der Waals surface area contributed by atoms with E-state index in [9.17, 15) is 22.8 Å². The van der Waals surface area contributed by atoms with Gasteiger partial charge in [-0.2, -0.15) is 13.2 Å². The van der Waals surface area contributed by atoms with Crippen LogP contribution in [0.4, 0.5) is 18.9 Å². The number of halogens is 3. The van der Waals surface area contributed by atoms with Gasteiger partial charge in [-0.1, -0.05) is 32.3 Å². The van der Waals surface area contributed by atoms with Crippen LogP contribution in [0.1, 0.15) is 72.6 Å². The second-order valence-corrected chi connectivity index (χ2v) is 9.79. The molecule has 3 N–H and O–H groups in total. The lowest BCUT2D eigenvalue weighted by molar-refractivity contribution is -0.137. The minimum absolute atomic E-state index is 0.0910. The fourth-order valence-corrected chi connectivity index (χ4v) is 4.09. The molecule has 8 nitrogen and oxygen atoms in total. The van der Waals surface area contributed by atoms with Crippen LogP contribution < -0.4 is 25.6 Å².